The van der Waals surface area contributed by atoms with Crippen LogP contribution in [0.4, 0.5) is 10.1 Å². The summed E-state index contributed by atoms with van der Waals surface area (Å²) in [5.74, 6) is -0.230. The van der Waals surface area contributed by atoms with Gasteiger partial charge in [0.1, 0.15) is 5.82 Å². The highest BCUT2D eigenvalue weighted by molar-refractivity contribution is 6.30. The van der Waals surface area contributed by atoms with Crippen LogP contribution in [0.1, 0.15) is 17.3 Å². The molecule has 1 aliphatic rings. The van der Waals surface area contributed by atoms with Gasteiger partial charge in [0.15, 0.2) is 5.78 Å². The summed E-state index contributed by atoms with van der Waals surface area (Å²) in [5.41, 5.74) is 2.18. The Kier molecular flexibility index (Phi) is 5.39. The number of rotatable bonds is 4. The topological polar surface area (TPSA) is 23.6 Å². The van der Waals surface area contributed by atoms with Crippen LogP contribution in [-0.2, 0) is 0 Å². The maximum absolute atomic E-state index is 13.9. The molecule has 0 atom stereocenters. The number of carbonyl (C=O) groups excluding carboxylic acids is 1. The number of benzene rings is 2. The summed E-state index contributed by atoms with van der Waals surface area (Å²) in [5, 5.41) is 0.613. The average molecular weight is 359 g/mol. The van der Waals surface area contributed by atoms with Crippen LogP contribution in [0.3, 0.4) is 0 Å². The number of carbonyl (C=O) groups is 1. The fraction of sp³-hybridized carbons (Fsp3) is 0.250. The van der Waals surface area contributed by atoms with E-state index in [2.05, 4.69) is 4.90 Å². The fourth-order valence-corrected chi connectivity index (χ4v) is 3.11. The van der Waals surface area contributed by atoms with Crippen LogP contribution >= 0.6 is 11.6 Å². The highest BCUT2D eigenvalue weighted by atomic mass is 35.5. The van der Waals surface area contributed by atoms with Crippen molar-refractivity contribution in [2.75, 3.05) is 31.1 Å². The molecule has 1 saturated heterocycles. The second kappa shape index (κ2) is 7.70. The minimum absolute atomic E-state index is 0.0364. The van der Waals surface area contributed by atoms with Gasteiger partial charge in [-0.25, -0.2) is 4.39 Å². The van der Waals surface area contributed by atoms with E-state index in [0.717, 1.165) is 31.9 Å². The molecule has 2 aromatic rings. The number of para-hydroxylation sites is 1. The molecule has 1 aliphatic heterocycles. The zero-order chi connectivity index (χ0) is 17.8. The molecule has 3 rings (SSSR count). The van der Waals surface area contributed by atoms with Crippen LogP contribution in [0, 0.1) is 5.82 Å². The molecule has 0 N–H and O–H groups in total. The van der Waals surface area contributed by atoms with Crippen LogP contribution in [0.2, 0.25) is 5.02 Å². The van der Waals surface area contributed by atoms with E-state index in [1.54, 1.807) is 42.5 Å². The largest absolute Gasteiger partial charge is 0.371 e. The summed E-state index contributed by atoms with van der Waals surface area (Å²) in [6.45, 7) is 4.89. The lowest BCUT2D eigenvalue weighted by atomic mass is 10.1. The van der Waals surface area contributed by atoms with E-state index >= 15 is 0 Å². The Morgan fingerprint density at radius 3 is 2.32 bits per heavy atom. The van der Waals surface area contributed by atoms with Crippen molar-refractivity contribution in [1.82, 2.24) is 4.90 Å². The molecule has 1 fully saturated rings. The van der Waals surface area contributed by atoms with Gasteiger partial charge in [0.25, 0.3) is 0 Å². The summed E-state index contributed by atoms with van der Waals surface area (Å²) in [6, 6.07) is 13.7. The normalized spacial score (nSPS) is 15.4. The molecule has 0 unspecified atom stereocenters. The van der Waals surface area contributed by atoms with Gasteiger partial charge in [0.05, 0.1) is 5.69 Å². The lowest BCUT2D eigenvalue weighted by Crippen LogP contribution is -2.45. The van der Waals surface area contributed by atoms with Gasteiger partial charge in [0, 0.05) is 48.5 Å². The van der Waals surface area contributed by atoms with Crippen LogP contribution in [0.25, 0.3) is 0 Å². The summed E-state index contributed by atoms with van der Waals surface area (Å²) in [6.07, 6.45) is 1.65. The molecule has 0 spiro atoms. The van der Waals surface area contributed by atoms with E-state index in [1.165, 1.54) is 6.07 Å². The Morgan fingerprint density at radius 2 is 1.68 bits per heavy atom. The monoisotopic (exact) mass is 358 g/mol. The van der Waals surface area contributed by atoms with Crippen molar-refractivity contribution >= 4 is 23.1 Å². The van der Waals surface area contributed by atoms with Gasteiger partial charge < -0.3 is 9.80 Å². The van der Waals surface area contributed by atoms with Crippen molar-refractivity contribution in [3.05, 3.63) is 76.7 Å². The first kappa shape index (κ1) is 17.5. The number of allylic oxidation sites excluding steroid dienone is 2. The van der Waals surface area contributed by atoms with E-state index in [1.807, 2.05) is 17.9 Å². The van der Waals surface area contributed by atoms with Gasteiger partial charge >= 0.3 is 0 Å². The highest BCUT2D eigenvalue weighted by Gasteiger charge is 2.19. The molecule has 0 bridgehead atoms. The van der Waals surface area contributed by atoms with E-state index < -0.39 is 0 Å². The minimum Gasteiger partial charge on any atom is -0.371 e. The highest BCUT2D eigenvalue weighted by Crippen LogP contribution is 2.21. The van der Waals surface area contributed by atoms with Crippen molar-refractivity contribution in [1.29, 1.82) is 0 Å². The molecule has 0 amide bonds. The maximum atomic E-state index is 13.9. The molecule has 130 valence electrons. The van der Waals surface area contributed by atoms with E-state index in [0.29, 0.717) is 16.3 Å². The van der Waals surface area contributed by atoms with Gasteiger partial charge in [-0.1, -0.05) is 23.7 Å². The van der Waals surface area contributed by atoms with Gasteiger partial charge in [-0.3, -0.25) is 4.79 Å². The third-order valence-electron chi connectivity index (χ3n) is 4.44. The SMILES string of the molecule is C/C(=C\C(=O)c1ccc(Cl)cc1)N1CCN(c2ccccc2F)CC1. The number of halogens is 2. The Balaban J connectivity index is 1.63. The van der Waals surface area contributed by atoms with Crippen LogP contribution in [-0.4, -0.2) is 36.9 Å². The fourth-order valence-electron chi connectivity index (χ4n) is 2.99. The lowest BCUT2D eigenvalue weighted by Gasteiger charge is -2.37. The lowest BCUT2D eigenvalue weighted by molar-refractivity contribution is 0.104. The second-order valence-electron chi connectivity index (χ2n) is 6.08. The third kappa shape index (κ3) is 4.20. The minimum atomic E-state index is -0.193. The number of hydrogen-bond donors (Lipinski definition) is 0. The quantitative estimate of drug-likeness (QED) is 0.598. The summed E-state index contributed by atoms with van der Waals surface area (Å²) < 4.78 is 13.9. The van der Waals surface area contributed by atoms with E-state index in [-0.39, 0.29) is 11.6 Å². The van der Waals surface area contributed by atoms with Gasteiger partial charge in [0.2, 0.25) is 0 Å². The molecule has 3 nitrogen and oxygen atoms in total. The first-order chi connectivity index (χ1) is 12.0. The van der Waals surface area contributed by atoms with Crippen molar-refractivity contribution in [3.63, 3.8) is 0 Å². The molecule has 0 saturated carbocycles. The van der Waals surface area contributed by atoms with Crippen molar-refractivity contribution < 1.29 is 9.18 Å². The van der Waals surface area contributed by atoms with Crippen LogP contribution in [0.15, 0.2) is 60.3 Å². The van der Waals surface area contributed by atoms with Crippen LogP contribution < -0.4 is 4.90 Å². The Labute approximate surface area is 152 Å². The third-order valence-corrected chi connectivity index (χ3v) is 4.69. The standard InChI is InChI=1S/C20H20ClFN2O/c1-15(14-20(25)16-6-8-17(21)9-7-16)23-10-12-24(13-11-23)19-5-3-2-4-18(19)22/h2-9,14H,10-13H2,1H3/b15-14+. The molecule has 0 aromatic heterocycles. The van der Waals surface area contributed by atoms with Gasteiger partial charge in [-0.15, -0.1) is 0 Å². The molecule has 5 heteroatoms. The Bertz CT molecular complexity index is 781. The van der Waals surface area contributed by atoms with Gasteiger partial charge in [-0.2, -0.15) is 0 Å². The summed E-state index contributed by atoms with van der Waals surface area (Å²) in [7, 11) is 0. The molecule has 0 aliphatic carbocycles. The van der Waals surface area contributed by atoms with Crippen LogP contribution in [0.5, 0.6) is 0 Å². The van der Waals surface area contributed by atoms with Crippen molar-refractivity contribution in [2.24, 2.45) is 0 Å². The number of anilines is 1. The molecular formula is C20H20ClFN2O. The molecule has 0 radical (unpaired) electrons. The second-order valence-corrected chi connectivity index (χ2v) is 6.52. The average Bonchev–Trinajstić information content (AvgIpc) is 2.63. The van der Waals surface area contributed by atoms with Crippen molar-refractivity contribution in [3.8, 4) is 0 Å². The number of nitrogens with zero attached hydrogens (tertiary/aromatic N) is 2. The molecule has 25 heavy (non-hydrogen) atoms. The smallest absolute Gasteiger partial charge is 0.187 e. The first-order valence-corrected chi connectivity index (χ1v) is 8.65. The number of ketones is 1. The number of hydrogen-bond acceptors (Lipinski definition) is 3. The van der Waals surface area contributed by atoms with E-state index in [4.69, 9.17) is 11.6 Å². The summed E-state index contributed by atoms with van der Waals surface area (Å²) in [4.78, 5) is 16.5. The first-order valence-electron chi connectivity index (χ1n) is 8.27. The zero-order valence-electron chi connectivity index (χ0n) is 14.1. The predicted molar refractivity (Wildman–Crippen MR) is 99.7 cm³/mol. The molecular weight excluding hydrogens is 339 g/mol. The molecule has 1 heterocycles. The summed E-state index contributed by atoms with van der Waals surface area (Å²) >= 11 is 5.85. The predicted octanol–water partition coefficient (Wildman–Crippen LogP) is 4.39. The number of piperazine rings is 1. The Morgan fingerprint density at radius 1 is 1.04 bits per heavy atom. The Hall–Kier alpha value is -2.33. The van der Waals surface area contributed by atoms with Crippen molar-refractivity contribution in [2.45, 2.75) is 6.92 Å². The maximum Gasteiger partial charge on any atom is 0.187 e. The van der Waals surface area contributed by atoms with E-state index in [9.17, 15) is 9.18 Å². The zero-order valence-corrected chi connectivity index (χ0v) is 14.8. The molecule has 2 aromatic carbocycles. The van der Waals surface area contributed by atoms with Gasteiger partial charge in [-0.05, 0) is 43.3 Å².